The number of fused-ring (bicyclic) bond motifs is 2. The molecule has 0 saturated heterocycles. The van der Waals surface area contributed by atoms with Crippen molar-refractivity contribution in [3.8, 4) is 0 Å². The van der Waals surface area contributed by atoms with Crippen molar-refractivity contribution in [1.82, 2.24) is 0 Å². The molecule has 0 aliphatic carbocycles. The third kappa shape index (κ3) is 5.44. The number of carbonyl (C=O) groups is 2. The molecule has 0 spiro atoms. The molecule has 2 amide bonds. The van der Waals surface area contributed by atoms with E-state index in [1.165, 1.54) is 0 Å². The Kier molecular flexibility index (Phi) is 9.45. The van der Waals surface area contributed by atoms with Crippen molar-refractivity contribution in [1.29, 1.82) is 10.8 Å². The van der Waals surface area contributed by atoms with E-state index in [1.54, 1.807) is 13.8 Å². The van der Waals surface area contributed by atoms with Crippen molar-refractivity contribution in [2.75, 3.05) is 0 Å². The van der Waals surface area contributed by atoms with Crippen LogP contribution in [0.3, 0.4) is 0 Å². The molecule has 0 radical (unpaired) electrons. The molecule has 8 nitrogen and oxygen atoms in total. The summed E-state index contributed by atoms with van der Waals surface area (Å²) in [5.41, 5.74) is -3.70. The standard InChI is InChI=1S/2C11H7F4N3O.Ni/c2*1-2-3(16)17-10-4-5(11(19)18-10)7(13)9(15)8(14)6(4)12;/h2*2H2,1H3,(H2,16,17,18,19);/q;;+2/p-2. The molecule has 2 aliphatic heterocycles. The molecule has 2 aromatic carbocycles. The van der Waals surface area contributed by atoms with Crippen molar-refractivity contribution in [3.05, 3.63) is 79.4 Å². The number of nitrogens with zero attached hydrogens (tertiary/aromatic N) is 4. The smallest absolute Gasteiger partial charge is 0.423 e. The van der Waals surface area contributed by atoms with Crippen LogP contribution in [0.5, 0.6) is 0 Å². The van der Waals surface area contributed by atoms with E-state index >= 15 is 0 Å². The minimum absolute atomic E-state index is 0. The summed E-state index contributed by atoms with van der Waals surface area (Å²) in [6.45, 7) is 3.12. The number of aliphatic imine (C=N–C) groups is 2. The van der Waals surface area contributed by atoms with Gasteiger partial charge in [-0.25, -0.2) is 35.1 Å². The largest absolute Gasteiger partial charge is 2.00 e. The summed E-state index contributed by atoms with van der Waals surface area (Å²) in [5.74, 6) is -19.6. The maximum absolute atomic E-state index is 13.6. The molecule has 0 unspecified atom stereocenters. The van der Waals surface area contributed by atoms with E-state index < -0.39 is 92.3 Å². The second kappa shape index (κ2) is 11.8. The number of nitrogens with one attached hydrogen (secondary N) is 2. The van der Waals surface area contributed by atoms with Gasteiger partial charge in [0.1, 0.15) is 0 Å². The fourth-order valence-corrected chi connectivity index (χ4v) is 3.08. The first kappa shape index (κ1) is 31.2. The van der Waals surface area contributed by atoms with Crippen molar-refractivity contribution in [2.45, 2.75) is 26.7 Å². The Morgan fingerprint density at radius 2 is 0.821 bits per heavy atom. The second-order valence-corrected chi connectivity index (χ2v) is 7.32. The molecule has 2 aliphatic rings. The van der Waals surface area contributed by atoms with Gasteiger partial charge < -0.3 is 31.4 Å². The number of amides is 2. The SMILES string of the molecule is CCC(=N)N=C1[N-]C(=O)c2c(F)c(F)c(F)c(F)c21.CCC(=N)N=C1[N-]C(=O)c2c(F)c(F)c(F)c(F)c21.[Ni+2]. The van der Waals surface area contributed by atoms with Gasteiger partial charge in [0.15, 0.2) is 58.4 Å². The summed E-state index contributed by atoms with van der Waals surface area (Å²) in [6, 6.07) is 0. The van der Waals surface area contributed by atoms with Crippen molar-refractivity contribution >= 4 is 35.2 Å². The maximum Gasteiger partial charge on any atom is 2.00 e. The third-order valence-electron chi connectivity index (χ3n) is 4.98. The maximum atomic E-state index is 13.6. The summed E-state index contributed by atoms with van der Waals surface area (Å²) in [5, 5.41) is 21.0. The van der Waals surface area contributed by atoms with Crippen LogP contribution in [0.2, 0.25) is 0 Å². The van der Waals surface area contributed by atoms with E-state index in [0.717, 1.165) is 0 Å². The zero-order valence-corrected chi connectivity index (χ0v) is 20.3. The molecule has 0 aromatic heterocycles. The summed E-state index contributed by atoms with van der Waals surface area (Å²) < 4.78 is 106. The summed E-state index contributed by atoms with van der Waals surface area (Å²) >= 11 is 0. The zero-order chi connectivity index (χ0) is 28.6. The predicted octanol–water partition coefficient (Wildman–Crippen LogP) is 5.81. The van der Waals surface area contributed by atoms with Crippen LogP contribution in [0, 0.1) is 57.4 Å². The first-order valence-electron chi connectivity index (χ1n) is 10.3. The topological polar surface area (TPSA) is 135 Å². The number of rotatable bonds is 2. The Morgan fingerprint density at radius 1 is 0.564 bits per heavy atom. The Bertz CT molecular complexity index is 1400. The van der Waals surface area contributed by atoms with Gasteiger partial charge in [0.05, 0.1) is 11.1 Å². The van der Waals surface area contributed by atoms with E-state index in [4.69, 9.17) is 10.8 Å². The number of hydrogen-bond acceptors (Lipinski definition) is 4. The van der Waals surface area contributed by atoms with E-state index in [2.05, 4.69) is 20.6 Å². The average Bonchev–Trinajstić information content (AvgIpc) is 3.39. The summed E-state index contributed by atoms with van der Waals surface area (Å²) in [6.07, 6.45) is 0.298. The zero-order valence-electron chi connectivity index (χ0n) is 19.4. The minimum Gasteiger partial charge on any atom is -0.423 e. The fourth-order valence-electron chi connectivity index (χ4n) is 3.08. The number of halogens is 8. The molecular formula is C22H12F8N6NiO2. The predicted molar refractivity (Wildman–Crippen MR) is 117 cm³/mol. The van der Waals surface area contributed by atoms with Crippen LogP contribution >= 0.6 is 0 Å². The number of hydrogen-bond donors (Lipinski definition) is 2. The van der Waals surface area contributed by atoms with Gasteiger partial charge in [0.2, 0.25) is 0 Å². The average molecular weight is 603 g/mol. The van der Waals surface area contributed by atoms with Crippen molar-refractivity contribution in [2.24, 2.45) is 9.98 Å². The number of benzene rings is 2. The van der Waals surface area contributed by atoms with Gasteiger partial charge in [0.25, 0.3) is 0 Å². The fraction of sp³-hybridized carbons (Fsp3) is 0.182. The Morgan fingerprint density at radius 3 is 1.08 bits per heavy atom. The van der Waals surface area contributed by atoms with Gasteiger partial charge in [-0.15, -0.1) is 0 Å². The molecule has 17 heteroatoms. The van der Waals surface area contributed by atoms with Gasteiger partial charge in [-0.1, -0.05) is 13.8 Å². The molecule has 2 heterocycles. The first-order valence-corrected chi connectivity index (χ1v) is 10.3. The molecule has 0 bridgehead atoms. The number of carbonyl (C=O) groups excluding carboxylic acids is 2. The molecular weight excluding hydrogens is 591 g/mol. The van der Waals surface area contributed by atoms with E-state index in [9.17, 15) is 44.7 Å². The monoisotopic (exact) mass is 602 g/mol. The van der Waals surface area contributed by atoms with Gasteiger partial charge in [-0.2, -0.15) is 0 Å². The second-order valence-electron chi connectivity index (χ2n) is 7.32. The van der Waals surface area contributed by atoms with Crippen LogP contribution in [0.25, 0.3) is 10.6 Å². The van der Waals surface area contributed by atoms with Crippen LogP contribution in [-0.4, -0.2) is 35.2 Å². The Hall–Kier alpha value is -4.01. The molecule has 208 valence electrons. The quantitative estimate of drug-likeness (QED) is 0.112. The molecule has 0 saturated carbocycles. The molecule has 2 aromatic rings. The first-order chi connectivity index (χ1) is 17.8. The van der Waals surface area contributed by atoms with E-state index in [-0.39, 0.29) is 41.0 Å². The van der Waals surface area contributed by atoms with Crippen LogP contribution in [-0.2, 0) is 16.5 Å². The van der Waals surface area contributed by atoms with Crippen molar-refractivity contribution in [3.63, 3.8) is 0 Å². The third-order valence-corrected chi connectivity index (χ3v) is 4.98. The summed E-state index contributed by atoms with van der Waals surface area (Å²) in [7, 11) is 0. The van der Waals surface area contributed by atoms with E-state index in [0.29, 0.717) is 0 Å². The minimum atomic E-state index is -2.08. The van der Waals surface area contributed by atoms with Crippen LogP contribution in [0.4, 0.5) is 35.1 Å². The Balaban J connectivity index is 0.000000267. The summed E-state index contributed by atoms with van der Waals surface area (Å²) in [4.78, 5) is 29.7. The number of amidine groups is 4. The van der Waals surface area contributed by atoms with Crippen LogP contribution < -0.4 is 0 Å². The van der Waals surface area contributed by atoms with Crippen LogP contribution in [0.1, 0.15) is 58.5 Å². The molecule has 39 heavy (non-hydrogen) atoms. The molecule has 4 rings (SSSR count). The molecule has 0 fully saturated rings. The van der Waals surface area contributed by atoms with Gasteiger partial charge in [-0.05, 0) is 24.5 Å². The Labute approximate surface area is 223 Å². The van der Waals surface area contributed by atoms with Crippen molar-refractivity contribution < 1.29 is 61.2 Å². The van der Waals surface area contributed by atoms with Gasteiger partial charge >= 0.3 is 16.5 Å². The van der Waals surface area contributed by atoms with Crippen LogP contribution in [0.15, 0.2) is 9.98 Å². The van der Waals surface area contributed by atoms with E-state index in [1.807, 2.05) is 0 Å². The molecule has 2 N–H and O–H groups in total. The van der Waals surface area contributed by atoms with Gasteiger partial charge in [0, 0.05) is 22.8 Å². The normalized spacial score (nSPS) is 15.2. The van der Waals surface area contributed by atoms with Gasteiger partial charge in [-0.3, -0.25) is 9.59 Å². The molecule has 0 atom stereocenters.